The monoisotopic (exact) mass is 218 g/mol. The molecule has 0 heterocycles. The smallest absolute Gasteiger partial charge is 0.168 e. The third-order valence-corrected chi connectivity index (χ3v) is 2.64. The maximum absolute atomic E-state index is 12.1. The van der Waals surface area contributed by atoms with Crippen molar-refractivity contribution in [3.8, 4) is 0 Å². The number of benzene rings is 1. The SMILES string of the molecule is C/C=C/[C@H](O)[C@H](CC)C(=O)c1ccccc1. The summed E-state index contributed by atoms with van der Waals surface area (Å²) < 4.78 is 0. The van der Waals surface area contributed by atoms with E-state index in [1.807, 2.05) is 32.0 Å². The molecule has 0 bridgehead atoms. The number of rotatable bonds is 5. The van der Waals surface area contributed by atoms with Gasteiger partial charge in [-0.3, -0.25) is 4.79 Å². The molecule has 0 radical (unpaired) electrons. The summed E-state index contributed by atoms with van der Waals surface area (Å²) in [6.45, 7) is 3.75. The summed E-state index contributed by atoms with van der Waals surface area (Å²) in [6, 6.07) is 9.12. The predicted molar refractivity (Wildman–Crippen MR) is 65.4 cm³/mol. The third-order valence-electron chi connectivity index (χ3n) is 2.64. The molecule has 16 heavy (non-hydrogen) atoms. The molecule has 86 valence electrons. The van der Waals surface area contributed by atoms with Gasteiger partial charge < -0.3 is 5.11 Å². The highest BCUT2D eigenvalue weighted by Gasteiger charge is 2.23. The first-order chi connectivity index (χ1) is 7.70. The van der Waals surface area contributed by atoms with Gasteiger partial charge in [-0.05, 0) is 13.3 Å². The molecule has 2 atom stereocenters. The van der Waals surface area contributed by atoms with E-state index < -0.39 is 6.10 Å². The molecule has 0 aliphatic heterocycles. The Morgan fingerprint density at radius 1 is 1.38 bits per heavy atom. The maximum Gasteiger partial charge on any atom is 0.168 e. The normalized spacial score (nSPS) is 14.9. The Kier molecular flexibility index (Phi) is 4.93. The predicted octanol–water partition coefficient (Wildman–Crippen LogP) is 2.83. The van der Waals surface area contributed by atoms with Crippen molar-refractivity contribution in [3.05, 3.63) is 48.0 Å². The summed E-state index contributed by atoms with van der Waals surface area (Å²) in [7, 11) is 0. The van der Waals surface area contributed by atoms with Crippen LogP contribution in [0.3, 0.4) is 0 Å². The summed E-state index contributed by atoms with van der Waals surface area (Å²) in [5, 5.41) is 9.83. The number of allylic oxidation sites excluding steroid dienone is 1. The molecule has 1 N–H and O–H groups in total. The Bertz CT molecular complexity index is 354. The minimum Gasteiger partial charge on any atom is -0.388 e. The number of Topliss-reactive ketones (excluding diaryl/α,β-unsaturated/α-hetero) is 1. The largest absolute Gasteiger partial charge is 0.388 e. The van der Waals surface area contributed by atoms with Crippen LogP contribution >= 0.6 is 0 Å². The summed E-state index contributed by atoms with van der Waals surface area (Å²) in [6.07, 6.45) is 3.38. The van der Waals surface area contributed by atoms with Crippen LogP contribution in [0.1, 0.15) is 30.6 Å². The Labute approximate surface area is 96.6 Å². The van der Waals surface area contributed by atoms with Crippen LogP contribution in [0, 0.1) is 5.92 Å². The molecular weight excluding hydrogens is 200 g/mol. The van der Waals surface area contributed by atoms with E-state index >= 15 is 0 Å². The van der Waals surface area contributed by atoms with E-state index in [9.17, 15) is 9.90 Å². The van der Waals surface area contributed by atoms with Crippen LogP contribution < -0.4 is 0 Å². The van der Waals surface area contributed by atoms with Crippen LogP contribution in [0.4, 0.5) is 0 Å². The minimum atomic E-state index is -0.692. The van der Waals surface area contributed by atoms with Gasteiger partial charge in [0, 0.05) is 5.56 Å². The zero-order valence-corrected chi connectivity index (χ0v) is 9.76. The molecule has 1 aromatic carbocycles. The average molecular weight is 218 g/mol. The van der Waals surface area contributed by atoms with Gasteiger partial charge >= 0.3 is 0 Å². The summed E-state index contributed by atoms with van der Waals surface area (Å²) >= 11 is 0. The molecule has 0 aliphatic carbocycles. The zero-order chi connectivity index (χ0) is 12.0. The molecular formula is C14H18O2. The van der Waals surface area contributed by atoms with Gasteiger partial charge in [0.15, 0.2) is 5.78 Å². The first kappa shape index (κ1) is 12.7. The Balaban J connectivity index is 2.86. The van der Waals surface area contributed by atoms with Crippen molar-refractivity contribution in [2.45, 2.75) is 26.4 Å². The second kappa shape index (κ2) is 6.23. The zero-order valence-electron chi connectivity index (χ0n) is 9.76. The Morgan fingerprint density at radius 2 is 2.00 bits per heavy atom. The summed E-state index contributed by atoms with van der Waals surface area (Å²) in [4.78, 5) is 12.1. The van der Waals surface area contributed by atoms with Gasteiger partial charge in [0.05, 0.1) is 12.0 Å². The lowest BCUT2D eigenvalue weighted by atomic mass is 9.90. The molecule has 0 fully saturated rings. The molecule has 0 saturated carbocycles. The molecule has 0 amide bonds. The van der Waals surface area contributed by atoms with E-state index in [1.54, 1.807) is 24.3 Å². The highest BCUT2D eigenvalue weighted by atomic mass is 16.3. The number of carbonyl (C=O) groups is 1. The van der Waals surface area contributed by atoms with Crippen LogP contribution in [0.5, 0.6) is 0 Å². The number of aliphatic hydroxyl groups excluding tert-OH is 1. The van der Waals surface area contributed by atoms with Crippen LogP contribution in [-0.4, -0.2) is 17.0 Å². The molecule has 2 heteroatoms. The molecule has 0 unspecified atom stereocenters. The van der Waals surface area contributed by atoms with Gasteiger partial charge in [0.25, 0.3) is 0 Å². The number of hydrogen-bond acceptors (Lipinski definition) is 2. The number of carbonyl (C=O) groups excluding carboxylic acids is 1. The fraction of sp³-hybridized carbons (Fsp3) is 0.357. The second-order valence-corrected chi connectivity index (χ2v) is 3.76. The van der Waals surface area contributed by atoms with Gasteiger partial charge in [-0.2, -0.15) is 0 Å². The van der Waals surface area contributed by atoms with Crippen molar-refractivity contribution >= 4 is 5.78 Å². The first-order valence-corrected chi connectivity index (χ1v) is 5.60. The van der Waals surface area contributed by atoms with Crippen molar-refractivity contribution in [1.82, 2.24) is 0 Å². The Morgan fingerprint density at radius 3 is 2.50 bits per heavy atom. The van der Waals surface area contributed by atoms with Crippen LogP contribution in [0.2, 0.25) is 0 Å². The number of hydrogen-bond donors (Lipinski definition) is 1. The highest BCUT2D eigenvalue weighted by molar-refractivity contribution is 5.98. The Hall–Kier alpha value is -1.41. The molecule has 0 aliphatic rings. The van der Waals surface area contributed by atoms with Crippen molar-refractivity contribution in [1.29, 1.82) is 0 Å². The highest BCUT2D eigenvalue weighted by Crippen LogP contribution is 2.17. The fourth-order valence-corrected chi connectivity index (χ4v) is 1.73. The van der Waals surface area contributed by atoms with Crippen molar-refractivity contribution in [2.24, 2.45) is 5.92 Å². The second-order valence-electron chi connectivity index (χ2n) is 3.76. The minimum absolute atomic E-state index is 0.00806. The number of ketones is 1. The van der Waals surface area contributed by atoms with Crippen LogP contribution in [0.15, 0.2) is 42.5 Å². The van der Waals surface area contributed by atoms with E-state index in [2.05, 4.69) is 0 Å². The van der Waals surface area contributed by atoms with Crippen molar-refractivity contribution in [2.75, 3.05) is 0 Å². The molecule has 0 saturated heterocycles. The molecule has 1 aromatic rings. The van der Waals surface area contributed by atoms with Crippen LogP contribution in [0.25, 0.3) is 0 Å². The van der Waals surface area contributed by atoms with E-state index in [0.29, 0.717) is 12.0 Å². The number of aliphatic hydroxyl groups is 1. The lowest BCUT2D eigenvalue weighted by Gasteiger charge is -2.17. The van der Waals surface area contributed by atoms with Gasteiger partial charge in [0.2, 0.25) is 0 Å². The topological polar surface area (TPSA) is 37.3 Å². The van der Waals surface area contributed by atoms with E-state index in [0.717, 1.165) is 0 Å². The van der Waals surface area contributed by atoms with Gasteiger partial charge in [-0.25, -0.2) is 0 Å². The van der Waals surface area contributed by atoms with Gasteiger partial charge in [-0.1, -0.05) is 49.4 Å². The van der Waals surface area contributed by atoms with E-state index in [4.69, 9.17) is 0 Å². The van der Waals surface area contributed by atoms with Gasteiger partial charge in [-0.15, -0.1) is 0 Å². The lowest BCUT2D eigenvalue weighted by Crippen LogP contribution is -2.26. The average Bonchev–Trinajstić information content (AvgIpc) is 2.31. The quantitative estimate of drug-likeness (QED) is 0.609. The van der Waals surface area contributed by atoms with Crippen molar-refractivity contribution < 1.29 is 9.90 Å². The first-order valence-electron chi connectivity index (χ1n) is 5.60. The van der Waals surface area contributed by atoms with E-state index in [1.165, 1.54) is 0 Å². The lowest BCUT2D eigenvalue weighted by molar-refractivity contribution is 0.0772. The molecule has 0 spiro atoms. The molecule has 1 rings (SSSR count). The maximum atomic E-state index is 12.1. The molecule has 2 nitrogen and oxygen atoms in total. The standard InChI is InChI=1S/C14H18O2/c1-3-8-13(15)12(4-2)14(16)11-9-6-5-7-10-11/h3,5-10,12-13,15H,4H2,1-2H3/b8-3+/t12-,13-/m0/s1. The van der Waals surface area contributed by atoms with Gasteiger partial charge in [0.1, 0.15) is 0 Å². The van der Waals surface area contributed by atoms with E-state index in [-0.39, 0.29) is 11.7 Å². The van der Waals surface area contributed by atoms with Crippen LogP contribution in [-0.2, 0) is 0 Å². The van der Waals surface area contributed by atoms with Crippen molar-refractivity contribution in [3.63, 3.8) is 0 Å². The summed E-state index contributed by atoms with van der Waals surface area (Å²) in [5.41, 5.74) is 0.665. The fourth-order valence-electron chi connectivity index (χ4n) is 1.73. The third kappa shape index (κ3) is 3.04. The summed E-state index contributed by atoms with van der Waals surface area (Å²) in [5.74, 6) is -0.340. The molecule has 0 aromatic heterocycles.